The molecule has 1 fully saturated rings. The first kappa shape index (κ1) is 34.1. The molecule has 2 heterocycles. The summed E-state index contributed by atoms with van der Waals surface area (Å²) in [6.07, 6.45) is 3.34. The maximum absolute atomic E-state index is 14.7. The summed E-state index contributed by atoms with van der Waals surface area (Å²) in [6, 6.07) is 4.67. The van der Waals surface area contributed by atoms with Gasteiger partial charge in [0, 0.05) is 24.2 Å². The Kier molecular flexibility index (Phi) is 11.0. The van der Waals surface area contributed by atoms with Gasteiger partial charge in [0.05, 0.1) is 24.5 Å². The van der Waals surface area contributed by atoms with Crippen LogP contribution in [0.15, 0.2) is 42.9 Å². The molecule has 0 bridgehead atoms. The maximum Gasteiger partial charge on any atom is 0.340 e. The first-order valence-electron chi connectivity index (χ1n) is 14.4. The molecule has 0 radical (unpaired) electrons. The van der Waals surface area contributed by atoms with Crippen LogP contribution in [0.5, 0.6) is 0 Å². The molecule has 1 saturated heterocycles. The standard InChI is InChI=1S/C30H42N6O6S/c1-17(2)24(37)30(43,18(3)4)29(28(41)42,25(38)23-11-8-12-34-23)36(27(40)22(32)14-20-15-33-16-35-20)26(39)21(31)13-19-9-6-5-7-10-19/h5-7,9-10,15-18,21-23,34,43H,8,11-14,31-32H2,1-4H3,(H,33,35)(H,41,42). The Morgan fingerprint density at radius 2 is 1.65 bits per heavy atom. The summed E-state index contributed by atoms with van der Waals surface area (Å²) >= 11 is 4.73. The molecule has 13 heteroatoms. The highest BCUT2D eigenvalue weighted by molar-refractivity contribution is 7.83. The number of carboxylic acid groups (broad SMARTS) is 1. The minimum atomic E-state index is -3.10. The molecule has 2 aromatic rings. The van der Waals surface area contributed by atoms with Crippen LogP contribution in [0.25, 0.3) is 0 Å². The predicted molar refractivity (Wildman–Crippen MR) is 163 cm³/mol. The zero-order chi connectivity index (χ0) is 32.1. The van der Waals surface area contributed by atoms with E-state index in [-0.39, 0.29) is 19.3 Å². The Bertz CT molecular complexity index is 1310. The van der Waals surface area contributed by atoms with Gasteiger partial charge >= 0.3 is 5.97 Å². The van der Waals surface area contributed by atoms with Gasteiger partial charge < -0.3 is 26.9 Å². The third-order valence-corrected chi connectivity index (χ3v) is 9.09. The number of amides is 2. The van der Waals surface area contributed by atoms with Crippen molar-refractivity contribution >= 4 is 42.0 Å². The largest absolute Gasteiger partial charge is 0.479 e. The summed E-state index contributed by atoms with van der Waals surface area (Å²) < 4.78 is -2.36. The van der Waals surface area contributed by atoms with Crippen molar-refractivity contribution in [1.29, 1.82) is 0 Å². The Morgan fingerprint density at radius 3 is 2.12 bits per heavy atom. The number of Topliss-reactive ketones (excluding diaryl/α,β-unsaturated/α-hetero) is 2. The number of rotatable bonds is 14. The zero-order valence-electron chi connectivity index (χ0n) is 24.9. The summed E-state index contributed by atoms with van der Waals surface area (Å²) in [7, 11) is 0. The van der Waals surface area contributed by atoms with Gasteiger partial charge in [-0.1, -0.05) is 58.0 Å². The van der Waals surface area contributed by atoms with Crippen molar-refractivity contribution in [2.45, 2.75) is 81.8 Å². The summed E-state index contributed by atoms with van der Waals surface area (Å²) in [6.45, 7) is 6.55. The Labute approximate surface area is 256 Å². The number of thiol groups is 1. The van der Waals surface area contributed by atoms with Gasteiger partial charge in [0.1, 0.15) is 4.75 Å². The number of hydrogen-bond acceptors (Lipinski definition) is 10. The van der Waals surface area contributed by atoms with Gasteiger partial charge in [-0.25, -0.2) is 9.78 Å². The average molecular weight is 615 g/mol. The predicted octanol–water partition coefficient (Wildman–Crippen LogP) is 0.899. The lowest BCUT2D eigenvalue weighted by Crippen LogP contribution is -2.81. The lowest BCUT2D eigenvalue weighted by Gasteiger charge is -2.52. The number of aliphatic carboxylic acids is 1. The van der Waals surface area contributed by atoms with Crippen LogP contribution in [0, 0.1) is 11.8 Å². The van der Waals surface area contributed by atoms with Crippen LogP contribution in [0.1, 0.15) is 51.8 Å². The molecular weight excluding hydrogens is 572 g/mol. The van der Waals surface area contributed by atoms with E-state index in [4.69, 9.17) is 24.1 Å². The van der Waals surface area contributed by atoms with Gasteiger partial charge in [0.2, 0.25) is 17.4 Å². The Balaban J connectivity index is 2.35. The first-order chi connectivity index (χ1) is 20.2. The van der Waals surface area contributed by atoms with Gasteiger partial charge in [0.15, 0.2) is 11.6 Å². The smallest absolute Gasteiger partial charge is 0.340 e. The lowest BCUT2D eigenvalue weighted by atomic mass is 9.65. The van der Waals surface area contributed by atoms with E-state index in [9.17, 15) is 29.1 Å². The number of imide groups is 1. The van der Waals surface area contributed by atoms with Crippen molar-refractivity contribution in [1.82, 2.24) is 20.2 Å². The molecule has 1 aliphatic rings. The summed E-state index contributed by atoms with van der Waals surface area (Å²) in [5.74, 6) is -7.70. The van der Waals surface area contributed by atoms with Crippen LogP contribution in [0.3, 0.4) is 0 Å². The minimum absolute atomic E-state index is 0.0792. The molecule has 3 rings (SSSR count). The molecule has 0 spiro atoms. The molecule has 1 aromatic heterocycles. The number of aromatic amines is 1. The molecule has 2 amide bonds. The SMILES string of the molecule is CC(C)C(=O)C(S)(C(C)C)C(C(=O)O)(C(=O)C1CCCN1)N(C(=O)C(N)Cc1ccccc1)C(=O)C(N)Cc1cnc[nH]1. The van der Waals surface area contributed by atoms with Crippen molar-refractivity contribution in [3.05, 3.63) is 54.1 Å². The number of carboxylic acids is 1. The Morgan fingerprint density at radius 1 is 1.05 bits per heavy atom. The number of hydrogen-bond donors (Lipinski definition) is 6. The van der Waals surface area contributed by atoms with Crippen molar-refractivity contribution < 1.29 is 29.1 Å². The lowest BCUT2D eigenvalue weighted by molar-refractivity contribution is -0.177. The Hall–Kier alpha value is -3.39. The van der Waals surface area contributed by atoms with Crippen LogP contribution in [0.2, 0.25) is 0 Å². The molecular formula is C30H42N6O6S. The van der Waals surface area contributed by atoms with Gasteiger partial charge in [-0.05, 0) is 37.3 Å². The normalized spacial score (nSPS) is 19.3. The fourth-order valence-corrected chi connectivity index (χ4v) is 6.32. The summed E-state index contributed by atoms with van der Waals surface area (Å²) in [5.41, 5.74) is 10.7. The minimum Gasteiger partial charge on any atom is -0.479 e. The topological polar surface area (TPSA) is 202 Å². The molecule has 0 saturated carbocycles. The molecule has 7 N–H and O–H groups in total. The monoisotopic (exact) mass is 614 g/mol. The summed E-state index contributed by atoms with van der Waals surface area (Å²) in [5, 5.41) is 14.1. The van der Waals surface area contributed by atoms with E-state index in [2.05, 4.69) is 15.3 Å². The number of benzene rings is 1. The molecule has 1 aromatic carbocycles. The van der Waals surface area contributed by atoms with Crippen LogP contribution < -0.4 is 16.8 Å². The highest BCUT2D eigenvalue weighted by atomic mass is 32.1. The van der Waals surface area contributed by atoms with Crippen LogP contribution in [0.4, 0.5) is 0 Å². The number of carbonyl (C=O) groups is 5. The molecule has 5 atom stereocenters. The van der Waals surface area contributed by atoms with Crippen molar-refractivity contribution in [2.24, 2.45) is 23.3 Å². The van der Waals surface area contributed by atoms with E-state index in [0.29, 0.717) is 29.1 Å². The fraction of sp³-hybridized carbons (Fsp3) is 0.533. The average Bonchev–Trinajstić information content (AvgIpc) is 3.69. The van der Waals surface area contributed by atoms with Crippen LogP contribution in [-0.2, 0) is 36.8 Å². The third kappa shape index (κ3) is 6.44. The quantitative estimate of drug-likeness (QED) is 0.131. The van der Waals surface area contributed by atoms with E-state index < -0.39 is 69.6 Å². The van der Waals surface area contributed by atoms with E-state index in [1.165, 1.54) is 26.4 Å². The van der Waals surface area contributed by atoms with Crippen LogP contribution in [-0.4, -0.2) is 84.3 Å². The van der Waals surface area contributed by atoms with Crippen molar-refractivity contribution in [3.8, 4) is 0 Å². The fourth-order valence-electron chi connectivity index (χ4n) is 5.76. The molecule has 43 heavy (non-hydrogen) atoms. The van der Waals surface area contributed by atoms with Crippen molar-refractivity contribution in [2.75, 3.05) is 6.54 Å². The molecule has 12 nitrogen and oxygen atoms in total. The first-order valence-corrected chi connectivity index (χ1v) is 14.8. The summed E-state index contributed by atoms with van der Waals surface area (Å²) in [4.78, 5) is 78.5. The van der Waals surface area contributed by atoms with Crippen molar-refractivity contribution in [3.63, 3.8) is 0 Å². The maximum atomic E-state index is 14.7. The number of nitrogens with zero attached hydrogens (tertiary/aromatic N) is 2. The number of ketones is 2. The molecule has 5 unspecified atom stereocenters. The number of nitrogens with one attached hydrogen (secondary N) is 2. The van der Waals surface area contributed by atoms with Gasteiger partial charge in [-0.15, -0.1) is 0 Å². The van der Waals surface area contributed by atoms with E-state index in [1.54, 1.807) is 44.2 Å². The molecule has 1 aliphatic heterocycles. The number of aromatic nitrogens is 2. The number of imidazole rings is 1. The second kappa shape index (κ2) is 13.9. The number of H-pyrrole nitrogens is 1. The second-order valence-corrected chi connectivity index (χ2v) is 12.4. The zero-order valence-corrected chi connectivity index (χ0v) is 25.8. The van der Waals surface area contributed by atoms with Gasteiger partial charge in [-0.3, -0.25) is 24.1 Å². The van der Waals surface area contributed by atoms with Gasteiger partial charge in [0.25, 0.3) is 0 Å². The van der Waals surface area contributed by atoms with E-state index >= 15 is 0 Å². The highest BCUT2D eigenvalue weighted by Gasteiger charge is 2.72. The number of nitrogens with two attached hydrogens (primary N) is 2. The van der Waals surface area contributed by atoms with E-state index in [1.807, 2.05) is 0 Å². The molecule has 0 aliphatic carbocycles. The highest BCUT2D eigenvalue weighted by Crippen LogP contribution is 2.46. The van der Waals surface area contributed by atoms with Crippen LogP contribution >= 0.6 is 12.6 Å². The van der Waals surface area contributed by atoms with E-state index in [0.717, 1.165) is 0 Å². The molecule has 234 valence electrons. The number of carbonyl (C=O) groups excluding carboxylic acids is 4. The third-order valence-electron chi connectivity index (χ3n) is 8.03. The second-order valence-electron chi connectivity index (χ2n) is 11.7. The van der Waals surface area contributed by atoms with Gasteiger partial charge in [-0.2, -0.15) is 12.6 Å².